The second kappa shape index (κ2) is 10.4. The molecule has 0 spiro atoms. The topological polar surface area (TPSA) is 0 Å². The number of hydrogen-bond acceptors (Lipinski definition) is 0. The molecule has 0 radical (unpaired) electrons. The van der Waals surface area contributed by atoms with Gasteiger partial charge in [0.15, 0.2) is 0 Å². The Morgan fingerprint density at radius 2 is 0.545 bits per heavy atom. The van der Waals surface area contributed by atoms with E-state index in [0.29, 0.717) is 35.5 Å². The summed E-state index contributed by atoms with van der Waals surface area (Å²) in [5.74, 6) is 1.99. The van der Waals surface area contributed by atoms with Crippen molar-refractivity contribution in [3.05, 3.63) is 201 Å². The van der Waals surface area contributed by atoms with Crippen LogP contribution in [0.4, 0.5) is 0 Å². The smallest absolute Gasteiger partial charge is 0.0105 e. The Hall–Kier alpha value is -4.94. The molecule has 0 heteroatoms. The molecule has 0 aliphatic heterocycles. The number of fused-ring (bicyclic) bond motifs is 4. The van der Waals surface area contributed by atoms with Crippen molar-refractivity contribution >= 4 is 24.3 Å². The predicted octanol–water partition coefficient (Wildman–Crippen LogP) is 11.1. The highest BCUT2D eigenvalue weighted by atomic mass is 14.4. The molecule has 0 saturated carbocycles. The molecule has 4 atom stereocenters. The van der Waals surface area contributed by atoms with E-state index in [-0.39, 0.29) is 0 Å². The van der Waals surface area contributed by atoms with Gasteiger partial charge in [0.25, 0.3) is 0 Å². The van der Waals surface area contributed by atoms with E-state index in [0.717, 1.165) is 0 Å². The fourth-order valence-corrected chi connectivity index (χ4v) is 8.58. The van der Waals surface area contributed by atoms with Crippen LogP contribution in [0.5, 0.6) is 0 Å². The largest absolute Gasteiger partial charge is 0.0757 e. The van der Waals surface area contributed by atoms with Gasteiger partial charge < -0.3 is 0 Å². The van der Waals surface area contributed by atoms with Gasteiger partial charge in [0.1, 0.15) is 0 Å². The summed E-state index contributed by atoms with van der Waals surface area (Å²) in [7, 11) is 0. The molecule has 4 unspecified atom stereocenters. The molecule has 9 rings (SSSR count). The van der Waals surface area contributed by atoms with Crippen molar-refractivity contribution in [3.63, 3.8) is 0 Å². The Morgan fingerprint density at radius 1 is 0.295 bits per heavy atom. The monoisotopic (exact) mass is 562 g/mol. The van der Waals surface area contributed by atoms with Gasteiger partial charge in [-0.15, -0.1) is 0 Å². The molecule has 0 aromatic heterocycles. The van der Waals surface area contributed by atoms with Crippen LogP contribution in [0.25, 0.3) is 24.3 Å². The van der Waals surface area contributed by atoms with Crippen molar-refractivity contribution in [2.75, 3.05) is 0 Å². The molecule has 44 heavy (non-hydrogen) atoms. The fraction of sp³-hybridized carbons (Fsp3) is 0.136. The van der Waals surface area contributed by atoms with Crippen molar-refractivity contribution in [2.45, 2.75) is 35.5 Å². The van der Waals surface area contributed by atoms with Gasteiger partial charge in [0.2, 0.25) is 0 Å². The van der Waals surface area contributed by atoms with E-state index >= 15 is 0 Å². The van der Waals surface area contributed by atoms with Crippen molar-refractivity contribution in [1.29, 1.82) is 0 Å². The minimum absolute atomic E-state index is 0.321. The standard InChI is InChI=1S/C44H34/c1-5-13-35-29(9-1)21-25-39(35)43(40-26-22-30-10-2-6-14-36(30)40)33-17-19-34(20-18-33)44(41-27-23-31-11-3-7-15-37(31)41)42-28-24-32-12-4-8-16-38(32)42/h1-28,39-44H. The zero-order chi connectivity index (χ0) is 29.0. The van der Waals surface area contributed by atoms with Gasteiger partial charge in [0.05, 0.1) is 0 Å². The van der Waals surface area contributed by atoms with Crippen molar-refractivity contribution < 1.29 is 0 Å². The van der Waals surface area contributed by atoms with Crippen LogP contribution in [0.1, 0.15) is 91.1 Å². The van der Waals surface area contributed by atoms with Crippen molar-refractivity contribution in [2.24, 2.45) is 0 Å². The minimum atomic E-state index is 0.321. The SMILES string of the molecule is C1=CC(C(c2ccc(C(C3C=Cc4ccccc43)C3C=Cc4ccccc43)cc2)C2C=Cc3ccccc32)c2ccccc21. The average Bonchev–Trinajstić information content (AvgIpc) is 3.89. The lowest BCUT2D eigenvalue weighted by Gasteiger charge is -2.32. The van der Waals surface area contributed by atoms with Gasteiger partial charge in [-0.1, -0.05) is 170 Å². The zero-order valence-electron chi connectivity index (χ0n) is 24.6. The minimum Gasteiger partial charge on any atom is -0.0757 e. The summed E-state index contributed by atoms with van der Waals surface area (Å²) in [6, 6.07) is 45.6. The van der Waals surface area contributed by atoms with Gasteiger partial charge >= 0.3 is 0 Å². The third-order valence-corrected chi connectivity index (χ3v) is 10.6. The highest BCUT2D eigenvalue weighted by Gasteiger charge is 2.38. The van der Waals surface area contributed by atoms with Crippen LogP contribution in [0.15, 0.2) is 146 Å². The Balaban J connectivity index is 1.15. The van der Waals surface area contributed by atoms with Gasteiger partial charge in [0, 0.05) is 35.5 Å². The molecular formula is C44H34. The van der Waals surface area contributed by atoms with Gasteiger partial charge in [-0.2, -0.15) is 0 Å². The van der Waals surface area contributed by atoms with E-state index in [4.69, 9.17) is 0 Å². The molecule has 4 aliphatic carbocycles. The molecule has 210 valence electrons. The number of allylic oxidation sites excluding steroid dienone is 4. The molecule has 0 amide bonds. The first-order valence-corrected chi connectivity index (χ1v) is 16.0. The quantitative estimate of drug-likeness (QED) is 0.193. The van der Waals surface area contributed by atoms with Gasteiger partial charge in [-0.05, 0) is 55.6 Å². The first-order valence-electron chi connectivity index (χ1n) is 16.0. The summed E-state index contributed by atoms with van der Waals surface area (Å²) in [6.45, 7) is 0. The van der Waals surface area contributed by atoms with E-state index in [1.54, 1.807) is 0 Å². The summed E-state index contributed by atoms with van der Waals surface area (Å²) in [4.78, 5) is 0. The third kappa shape index (κ3) is 4.05. The van der Waals surface area contributed by atoms with E-state index in [9.17, 15) is 0 Å². The second-order valence-electron chi connectivity index (χ2n) is 12.8. The van der Waals surface area contributed by atoms with Crippen LogP contribution in [0.3, 0.4) is 0 Å². The Labute approximate surface area is 260 Å². The summed E-state index contributed by atoms with van der Waals surface area (Å²) in [5.41, 5.74) is 14.0. The molecule has 5 aromatic carbocycles. The average molecular weight is 563 g/mol. The first-order chi connectivity index (χ1) is 21.8. The highest BCUT2D eigenvalue weighted by Crippen LogP contribution is 2.53. The predicted molar refractivity (Wildman–Crippen MR) is 185 cm³/mol. The Morgan fingerprint density at radius 3 is 0.818 bits per heavy atom. The second-order valence-corrected chi connectivity index (χ2v) is 12.8. The Bertz CT molecular complexity index is 1730. The molecule has 4 aliphatic rings. The highest BCUT2D eigenvalue weighted by molar-refractivity contribution is 5.69. The molecule has 0 bridgehead atoms. The third-order valence-electron chi connectivity index (χ3n) is 10.6. The van der Waals surface area contributed by atoms with Crippen molar-refractivity contribution in [3.8, 4) is 0 Å². The van der Waals surface area contributed by atoms with Crippen LogP contribution >= 0.6 is 0 Å². The molecule has 0 heterocycles. The number of hydrogen-bond donors (Lipinski definition) is 0. The van der Waals surface area contributed by atoms with Crippen LogP contribution in [-0.2, 0) is 0 Å². The van der Waals surface area contributed by atoms with Crippen LogP contribution in [0.2, 0.25) is 0 Å². The Kier molecular flexibility index (Phi) is 6.01. The molecule has 0 saturated heterocycles. The maximum Gasteiger partial charge on any atom is 0.0105 e. The normalized spacial score (nSPS) is 22.9. The van der Waals surface area contributed by atoms with Crippen LogP contribution < -0.4 is 0 Å². The summed E-state index contributed by atoms with van der Waals surface area (Å²) >= 11 is 0. The molecule has 0 fully saturated rings. The summed E-state index contributed by atoms with van der Waals surface area (Å²) in [5, 5.41) is 0. The van der Waals surface area contributed by atoms with E-state index in [1.807, 2.05) is 0 Å². The van der Waals surface area contributed by atoms with E-state index < -0.39 is 0 Å². The van der Waals surface area contributed by atoms with Gasteiger partial charge in [-0.3, -0.25) is 0 Å². The van der Waals surface area contributed by atoms with Crippen molar-refractivity contribution in [1.82, 2.24) is 0 Å². The zero-order valence-corrected chi connectivity index (χ0v) is 24.6. The first kappa shape index (κ1) is 25.5. The molecule has 5 aromatic rings. The molecule has 0 nitrogen and oxygen atoms in total. The number of rotatable bonds is 6. The number of benzene rings is 5. The maximum atomic E-state index is 2.45. The summed E-state index contributed by atoms with van der Waals surface area (Å²) < 4.78 is 0. The summed E-state index contributed by atoms with van der Waals surface area (Å²) in [6.07, 6.45) is 19.1. The van der Waals surface area contributed by atoms with E-state index in [1.165, 1.54) is 55.6 Å². The van der Waals surface area contributed by atoms with E-state index in [2.05, 4.69) is 170 Å². The lowest BCUT2D eigenvalue weighted by molar-refractivity contribution is 0.563. The van der Waals surface area contributed by atoms with Crippen LogP contribution in [0, 0.1) is 0 Å². The molecular weight excluding hydrogens is 528 g/mol. The van der Waals surface area contributed by atoms with Crippen LogP contribution in [-0.4, -0.2) is 0 Å². The lowest BCUT2D eigenvalue weighted by Crippen LogP contribution is -2.18. The fourth-order valence-electron chi connectivity index (χ4n) is 8.58. The van der Waals surface area contributed by atoms with Gasteiger partial charge in [-0.25, -0.2) is 0 Å². The molecule has 0 N–H and O–H groups in total. The lowest BCUT2D eigenvalue weighted by atomic mass is 9.71. The maximum absolute atomic E-state index is 2.45.